The molecule has 1 aliphatic heterocycles. The third-order valence-corrected chi connectivity index (χ3v) is 4.94. The minimum absolute atomic E-state index is 0.179. The van der Waals surface area contributed by atoms with Crippen molar-refractivity contribution in [2.75, 3.05) is 39.3 Å². The van der Waals surface area contributed by atoms with Crippen molar-refractivity contribution in [2.24, 2.45) is 5.92 Å². The van der Waals surface area contributed by atoms with Crippen LogP contribution in [0.15, 0.2) is 18.2 Å². The molecule has 1 aliphatic rings. The summed E-state index contributed by atoms with van der Waals surface area (Å²) in [5, 5.41) is 0. The first-order valence-electron chi connectivity index (χ1n) is 9.75. The third-order valence-electron chi connectivity index (χ3n) is 4.94. The minimum atomic E-state index is -0.378. The van der Waals surface area contributed by atoms with Crippen molar-refractivity contribution in [3.8, 4) is 0 Å². The molecule has 148 valence electrons. The first-order valence-corrected chi connectivity index (χ1v) is 9.75. The van der Waals surface area contributed by atoms with Crippen LogP contribution < -0.4 is 0 Å². The number of imide groups is 1. The van der Waals surface area contributed by atoms with E-state index in [1.54, 1.807) is 17.0 Å². The highest BCUT2D eigenvalue weighted by molar-refractivity contribution is 6.22. The van der Waals surface area contributed by atoms with Crippen molar-refractivity contribution in [3.63, 3.8) is 0 Å². The smallest absolute Gasteiger partial charge is 0.262 e. The van der Waals surface area contributed by atoms with E-state index in [-0.39, 0.29) is 24.3 Å². The van der Waals surface area contributed by atoms with Gasteiger partial charge in [-0.3, -0.25) is 19.3 Å². The molecule has 6 nitrogen and oxygen atoms in total. The van der Waals surface area contributed by atoms with Crippen LogP contribution in [-0.2, 0) is 4.79 Å². The summed E-state index contributed by atoms with van der Waals surface area (Å²) in [6, 6.07) is 5.19. The van der Waals surface area contributed by atoms with E-state index in [1.165, 1.54) is 0 Å². The van der Waals surface area contributed by atoms with E-state index in [0.29, 0.717) is 30.1 Å². The first kappa shape index (κ1) is 21.1. The van der Waals surface area contributed by atoms with Crippen molar-refractivity contribution in [1.29, 1.82) is 0 Å². The molecule has 2 rings (SSSR count). The van der Waals surface area contributed by atoms with Gasteiger partial charge in [-0.15, -0.1) is 0 Å². The van der Waals surface area contributed by atoms with Crippen molar-refractivity contribution in [1.82, 2.24) is 14.7 Å². The zero-order valence-electron chi connectivity index (χ0n) is 17.1. The van der Waals surface area contributed by atoms with Gasteiger partial charge in [0, 0.05) is 19.6 Å². The standard InChI is InChI=1S/C21H31N3O3/c1-6-22(7-2)10-11-23(13-15(3)4)19(25)14-24-20(26)17-9-8-16(5)12-18(17)21(24)27/h8-9,12,15H,6-7,10-11,13-14H2,1-5H3. The Balaban J connectivity index is 2.10. The summed E-state index contributed by atoms with van der Waals surface area (Å²) in [5.41, 5.74) is 1.70. The maximum atomic E-state index is 12.9. The number of hydrogen-bond acceptors (Lipinski definition) is 4. The number of likely N-dealkylation sites (N-methyl/N-ethyl adjacent to an activating group) is 1. The molecule has 0 aliphatic carbocycles. The second-order valence-electron chi connectivity index (χ2n) is 7.51. The third kappa shape index (κ3) is 4.95. The predicted octanol–water partition coefficient (Wildman–Crippen LogP) is 2.42. The lowest BCUT2D eigenvalue weighted by molar-refractivity contribution is -0.132. The van der Waals surface area contributed by atoms with Gasteiger partial charge in [0.05, 0.1) is 11.1 Å². The van der Waals surface area contributed by atoms with E-state index >= 15 is 0 Å². The van der Waals surface area contributed by atoms with Crippen molar-refractivity contribution in [2.45, 2.75) is 34.6 Å². The van der Waals surface area contributed by atoms with Gasteiger partial charge in [-0.25, -0.2) is 0 Å². The van der Waals surface area contributed by atoms with Crippen LogP contribution in [0.3, 0.4) is 0 Å². The molecule has 0 fully saturated rings. The minimum Gasteiger partial charge on any atom is -0.340 e. The Bertz CT molecular complexity index is 711. The summed E-state index contributed by atoms with van der Waals surface area (Å²) in [5.74, 6) is -0.616. The number of nitrogens with zero attached hydrogens (tertiary/aromatic N) is 3. The van der Waals surface area contributed by atoms with E-state index in [9.17, 15) is 14.4 Å². The van der Waals surface area contributed by atoms with E-state index in [0.717, 1.165) is 30.1 Å². The fourth-order valence-electron chi connectivity index (χ4n) is 3.34. The van der Waals surface area contributed by atoms with Crippen LogP contribution in [0.2, 0.25) is 0 Å². The van der Waals surface area contributed by atoms with Gasteiger partial charge in [0.25, 0.3) is 11.8 Å². The number of carbonyl (C=O) groups is 3. The number of amides is 3. The Hall–Kier alpha value is -2.21. The average molecular weight is 373 g/mol. The lowest BCUT2D eigenvalue weighted by Gasteiger charge is -2.29. The van der Waals surface area contributed by atoms with Gasteiger partial charge < -0.3 is 9.80 Å². The molecule has 3 amide bonds. The molecule has 0 aromatic heterocycles. The Kier molecular flexibility index (Phi) is 7.13. The van der Waals surface area contributed by atoms with Gasteiger partial charge in [-0.1, -0.05) is 39.3 Å². The van der Waals surface area contributed by atoms with E-state index in [1.807, 2.05) is 13.0 Å². The van der Waals surface area contributed by atoms with Crippen LogP contribution in [0, 0.1) is 12.8 Å². The summed E-state index contributed by atoms with van der Waals surface area (Å²) in [6.07, 6.45) is 0. The highest BCUT2D eigenvalue weighted by Crippen LogP contribution is 2.23. The Morgan fingerprint density at radius 3 is 2.26 bits per heavy atom. The molecule has 27 heavy (non-hydrogen) atoms. The fourth-order valence-corrected chi connectivity index (χ4v) is 3.34. The second-order valence-corrected chi connectivity index (χ2v) is 7.51. The second kappa shape index (κ2) is 9.13. The zero-order valence-corrected chi connectivity index (χ0v) is 17.1. The fraction of sp³-hybridized carbons (Fsp3) is 0.571. The van der Waals surface area contributed by atoms with Gasteiger partial charge in [-0.2, -0.15) is 0 Å². The van der Waals surface area contributed by atoms with Crippen molar-refractivity contribution in [3.05, 3.63) is 34.9 Å². The lowest BCUT2D eigenvalue weighted by atomic mass is 10.1. The Morgan fingerprint density at radius 1 is 1.04 bits per heavy atom. The largest absolute Gasteiger partial charge is 0.340 e. The monoisotopic (exact) mass is 373 g/mol. The van der Waals surface area contributed by atoms with Crippen LogP contribution in [-0.4, -0.2) is 71.7 Å². The zero-order chi connectivity index (χ0) is 20.1. The molecule has 0 bridgehead atoms. The van der Waals surface area contributed by atoms with Crippen LogP contribution in [0.4, 0.5) is 0 Å². The van der Waals surface area contributed by atoms with Gasteiger partial charge >= 0.3 is 0 Å². The van der Waals surface area contributed by atoms with Crippen molar-refractivity contribution >= 4 is 17.7 Å². The first-order chi connectivity index (χ1) is 12.8. The van der Waals surface area contributed by atoms with E-state index in [4.69, 9.17) is 0 Å². The van der Waals surface area contributed by atoms with Gasteiger partial charge in [0.1, 0.15) is 6.54 Å². The van der Waals surface area contributed by atoms with Crippen LogP contribution in [0.25, 0.3) is 0 Å². The quantitative estimate of drug-likeness (QED) is 0.624. The molecular formula is C21H31N3O3. The molecule has 0 radical (unpaired) electrons. The normalized spacial score (nSPS) is 13.7. The summed E-state index contributed by atoms with van der Waals surface area (Å²) >= 11 is 0. The number of fused-ring (bicyclic) bond motifs is 1. The van der Waals surface area contributed by atoms with Gasteiger partial charge in [0.15, 0.2) is 0 Å². The molecule has 0 saturated heterocycles. The lowest BCUT2D eigenvalue weighted by Crippen LogP contribution is -2.46. The molecule has 0 unspecified atom stereocenters. The topological polar surface area (TPSA) is 60.9 Å². The molecule has 1 heterocycles. The predicted molar refractivity (Wildman–Crippen MR) is 106 cm³/mol. The van der Waals surface area contributed by atoms with Crippen LogP contribution in [0.5, 0.6) is 0 Å². The summed E-state index contributed by atoms with van der Waals surface area (Å²) in [4.78, 5) is 43.2. The van der Waals surface area contributed by atoms with E-state index < -0.39 is 0 Å². The molecule has 6 heteroatoms. The molecule has 1 aromatic carbocycles. The highest BCUT2D eigenvalue weighted by atomic mass is 16.2. The molecule has 1 aromatic rings. The summed E-state index contributed by atoms with van der Waals surface area (Å²) in [6.45, 7) is 13.8. The maximum absolute atomic E-state index is 12.9. The number of aryl methyl sites for hydroxylation is 1. The Labute approximate surface area is 162 Å². The molecule has 0 spiro atoms. The molecule has 0 N–H and O–H groups in total. The summed E-state index contributed by atoms with van der Waals surface area (Å²) in [7, 11) is 0. The SMILES string of the molecule is CCN(CC)CCN(CC(C)C)C(=O)CN1C(=O)c2ccc(C)cc2C1=O. The van der Waals surface area contributed by atoms with Crippen LogP contribution >= 0.6 is 0 Å². The van der Waals surface area contributed by atoms with Crippen LogP contribution in [0.1, 0.15) is 54.0 Å². The van der Waals surface area contributed by atoms with Gasteiger partial charge in [0.2, 0.25) is 5.91 Å². The molecule has 0 saturated carbocycles. The van der Waals surface area contributed by atoms with Gasteiger partial charge in [-0.05, 0) is 38.1 Å². The molecule has 0 atom stereocenters. The number of rotatable bonds is 9. The maximum Gasteiger partial charge on any atom is 0.262 e. The highest BCUT2D eigenvalue weighted by Gasteiger charge is 2.37. The Morgan fingerprint density at radius 2 is 1.67 bits per heavy atom. The number of benzene rings is 1. The number of hydrogen-bond donors (Lipinski definition) is 0. The number of carbonyl (C=O) groups excluding carboxylic acids is 3. The molecular weight excluding hydrogens is 342 g/mol. The van der Waals surface area contributed by atoms with E-state index in [2.05, 4.69) is 32.6 Å². The van der Waals surface area contributed by atoms with Crippen molar-refractivity contribution < 1.29 is 14.4 Å². The average Bonchev–Trinajstić information content (AvgIpc) is 2.85. The summed E-state index contributed by atoms with van der Waals surface area (Å²) < 4.78 is 0.